The lowest BCUT2D eigenvalue weighted by Gasteiger charge is -2.09. The predicted octanol–water partition coefficient (Wildman–Crippen LogP) is 3.27. The first-order valence-corrected chi connectivity index (χ1v) is 9.14. The summed E-state index contributed by atoms with van der Waals surface area (Å²) >= 11 is 1.38. The molecule has 2 aromatic heterocycles. The third-order valence-electron chi connectivity index (χ3n) is 3.74. The van der Waals surface area contributed by atoms with Crippen molar-refractivity contribution in [1.29, 1.82) is 0 Å². The van der Waals surface area contributed by atoms with Crippen molar-refractivity contribution in [3.8, 4) is 0 Å². The Morgan fingerprint density at radius 2 is 2.04 bits per heavy atom. The van der Waals surface area contributed by atoms with Crippen LogP contribution in [0.3, 0.4) is 0 Å². The van der Waals surface area contributed by atoms with Gasteiger partial charge in [-0.1, -0.05) is 25.1 Å². The Morgan fingerprint density at radius 1 is 1.20 bits per heavy atom. The number of hydrogen-bond acceptors (Lipinski definition) is 4. The van der Waals surface area contributed by atoms with E-state index in [1.54, 1.807) is 6.07 Å². The van der Waals surface area contributed by atoms with E-state index in [0.29, 0.717) is 10.8 Å². The number of fused-ring (bicyclic) bond motifs is 1. The summed E-state index contributed by atoms with van der Waals surface area (Å²) in [6, 6.07) is 11.4. The van der Waals surface area contributed by atoms with E-state index in [4.69, 9.17) is 0 Å². The molecule has 0 atom stereocenters. The Kier molecular flexibility index (Phi) is 5.45. The number of carbonyl (C=O) groups excluding carboxylic acids is 2. The van der Waals surface area contributed by atoms with Gasteiger partial charge in [-0.25, -0.2) is 4.98 Å². The number of imidazole rings is 1. The molecule has 25 heavy (non-hydrogen) atoms. The molecular formula is C18H20N4O2S. The largest absolute Gasteiger partial charge is 0.351 e. The van der Waals surface area contributed by atoms with Crippen molar-refractivity contribution in [3.05, 3.63) is 46.7 Å². The van der Waals surface area contributed by atoms with Crippen LogP contribution >= 0.6 is 11.3 Å². The van der Waals surface area contributed by atoms with Gasteiger partial charge in [-0.15, -0.1) is 11.3 Å². The van der Waals surface area contributed by atoms with Crippen LogP contribution in [0.15, 0.2) is 41.8 Å². The quantitative estimate of drug-likeness (QED) is 0.682. The van der Waals surface area contributed by atoms with Gasteiger partial charge in [-0.05, 0) is 30.0 Å². The highest BCUT2D eigenvalue weighted by molar-refractivity contribution is 7.12. The van der Waals surface area contributed by atoms with E-state index < -0.39 is 0 Å². The summed E-state index contributed by atoms with van der Waals surface area (Å²) in [6.07, 6.45) is 1.15. The lowest BCUT2D eigenvalue weighted by molar-refractivity contribution is -0.116. The Morgan fingerprint density at radius 3 is 2.80 bits per heavy atom. The number of aryl methyl sites for hydroxylation is 1. The van der Waals surface area contributed by atoms with Crippen molar-refractivity contribution < 1.29 is 9.59 Å². The average molecular weight is 356 g/mol. The van der Waals surface area contributed by atoms with Crippen LogP contribution < -0.4 is 10.6 Å². The summed E-state index contributed by atoms with van der Waals surface area (Å²) in [5.74, 6) is 0.234. The number of carbonyl (C=O) groups is 2. The van der Waals surface area contributed by atoms with Gasteiger partial charge in [0.15, 0.2) is 0 Å². The van der Waals surface area contributed by atoms with Crippen LogP contribution in [0.2, 0.25) is 0 Å². The van der Waals surface area contributed by atoms with Crippen molar-refractivity contribution in [1.82, 2.24) is 14.9 Å². The number of para-hydroxylation sites is 2. The number of rotatable bonds is 7. The van der Waals surface area contributed by atoms with Crippen LogP contribution in [0.4, 0.5) is 5.95 Å². The van der Waals surface area contributed by atoms with Crippen molar-refractivity contribution in [3.63, 3.8) is 0 Å². The zero-order valence-electron chi connectivity index (χ0n) is 14.0. The third kappa shape index (κ3) is 4.06. The van der Waals surface area contributed by atoms with E-state index in [1.807, 2.05) is 40.3 Å². The maximum Gasteiger partial charge on any atom is 0.261 e. The molecule has 1 aromatic carbocycles. The molecule has 0 aliphatic heterocycles. The molecule has 0 unspecified atom stereocenters. The first-order chi connectivity index (χ1) is 12.2. The lowest BCUT2D eigenvalue weighted by atomic mass is 10.3. The number of benzene rings is 1. The number of anilines is 1. The van der Waals surface area contributed by atoms with Crippen molar-refractivity contribution in [2.45, 2.75) is 26.3 Å². The first-order valence-electron chi connectivity index (χ1n) is 8.26. The standard InChI is InChI=1S/C18H20N4O2S/c1-2-11-22-14-7-4-3-6-13(14)20-18(22)21-16(23)9-10-19-17(24)15-8-5-12-25-15/h3-8,12H,2,9-11H2,1H3,(H,19,24)(H,20,21,23). The Bertz CT molecular complexity index is 870. The summed E-state index contributed by atoms with van der Waals surface area (Å²) in [4.78, 5) is 29.2. The number of thiophene rings is 1. The number of nitrogens with zero attached hydrogens (tertiary/aromatic N) is 2. The molecule has 2 amide bonds. The van der Waals surface area contributed by atoms with Crippen molar-refractivity contribution in [2.75, 3.05) is 11.9 Å². The zero-order valence-corrected chi connectivity index (χ0v) is 14.8. The van der Waals surface area contributed by atoms with Crippen LogP contribution in [0.25, 0.3) is 11.0 Å². The minimum atomic E-state index is -0.167. The minimum Gasteiger partial charge on any atom is -0.351 e. The fourth-order valence-electron chi connectivity index (χ4n) is 2.59. The fraction of sp³-hybridized carbons (Fsp3) is 0.278. The van der Waals surface area contributed by atoms with Gasteiger partial charge in [0.05, 0.1) is 15.9 Å². The highest BCUT2D eigenvalue weighted by Gasteiger charge is 2.13. The van der Waals surface area contributed by atoms with Gasteiger partial charge in [0.25, 0.3) is 5.91 Å². The molecule has 7 heteroatoms. The second-order valence-electron chi connectivity index (χ2n) is 5.61. The molecule has 0 radical (unpaired) electrons. The summed E-state index contributed by atoms with van der Waals surface area (Å²) in [6.45, 7) is 3.16. The molecule has 0 saturated carbocycles. The van der Waals surface area contributed by atoms with E-state index in [9.17, 15) is 9.59 Å². The molecule has 2 N–H and O–H groups in total. The summed E-state index contributed by atoms with van der Waals surface area (Å²) < 4.78 is 2.01. The minimum absolute atomic E-state index is 0.152. The zero-order chi connectivity index (χ0) is 17.6. The Hall–Kier alpha value is -2.67. The van der Waals surface area contributed by atoms with Crippen LogP contribution in [-0.2, 0) is 11.3 Å². The summed E-state index contributed by atoms with van der Waals surface area (Å²) in [7, 11) is 0. The number of hydrogen-bond donors (Lipinski definition) is 2. The average Bonchev–Trinajstić information content (AvgIpc) is 3.24. The topological polar surface area (TPSA) is 76.0 Å². The smallest absolute Gasteiger partial charge is 0.261 e. The molecule has 3 aromatic rings. The monoisotopic (exact) mass is 356 g/mol. The van der Waals surface area contributed by atoms with Crippen LogP contribution in [0, 0.1) is 0 Å². The molecular weight excluding hydrogens is 336 g/mol. The predicted molar refractivity (Wildman–Crippen MR) is 99.9 cm³/mol. The van der Waals surface area contributed by atoms with E-state index >= 15 is 0 Å². The Labute approximate surface area is 149 Å². The molecule has 0 spiro atoms. The molecule has 130 valence electrons. The SMILES string of the molecule is CCCn1c(NC(=O)CCNC(=O)c2cccs2)nc2ccccc21. The van der Waals surface area contributed by atoms with Crippen LogP contribution in [0.1, 0.15) is 29.4 Å². The molecule has 0 aliphatic rings. The van der Waals surface area contributed by atoms with E-state index in [0.717, 1.165) is 24.0 Å². The van der Waals surface area contributed by atoms with Gasteiger partial charge >= 0.3 is 0 Å². The second-order valence-corrected chi connectivity index (χ2v) is 6.55. The van der Waals surface area contributed by atoms with Gasteiger partial charge in [0.2, 0.25) is 11.9 Å². The molecule has 0 fully saturated rings. The molecule has 3 rings (SSSR count). The maximum atomic E-state index is 12.2. The molecule has 0 aliphatic carbocycles. The van der Waals surface area contributed by atoms with Gasteiger partial charge in [-0.2, -0.15) is 0 Å². The maximum absolute atomic E-state index is 12.2. The first kappa shape index (κ1) is 17.2. The van der Waals surface area contributed by atoms with Crippen LogP contribution in [0.5, 0.6) is 0 Å². The molecule has 0 bridgehead atoms. The van der Waals surface area contributed by atoms with Crippen molar-refractivity contribution >= 4 is 40.1 Å². The summed E-state index contributed by atoms with van der Waals surface area (Å²) in [5.41, 5.74) is 1.86. The van der Waals surface area contributed by atoms with Gasteiger partial charge < -0.3 is 9.88 Å². The molecule has 2 heterocycles. The van der Waals surface area contributed by atoms with Gasteiger partial charge in [0.1, 0.15) is 0 Å². The van der Waals surface area contributed by atoms with Crippen LogP contribution in [-0.4, -0.2) is 27.9 Å². The van der Waals surface area contributed by atoms with E-state index in [-0.39, 0.29) is 24.8 Å². The van der Waals surface area contributed by atoms with Crippen molar-refractivity contribution in [2.24, 2.45) is 0 Å². The number of aromatic nitrogens is 2. The molecule has 0 saturated heterocycles. The number of amides is 2. The van der Waals surface area contributed by atoms with Gasteiger partial charge in [-0.3, -0.25) is 14.9 Å². The van der Waals surface area contributed by atoms with E-state index in [1.165, 1.54) is 11.3 Å². The Balaban J connectivity index is 1.60. The summed E-state index contributed by atoms with van der Waals surface area (Å²) in [5, 5.41) is 7.46. The van der Waals surface area contributed by atoms with E-state index in [2.05, 4.69) is 22.5 Å². The lowest BCUT2D eigenvalue weighted by Crippen LogP contribution is -2.27. The highest BCUT2D eigenvalue weighted by Crippen LogP contribution is 2.20. The molecule has 6 nitrogen and oxygen atoms in total. The number of nitrogens with one attached hydrogen (secondary N) is 2. The van der Waals surface area contributed by atoms with Gasteiger partial charge in [0, 0.05) is 19.5 Å². The fourth-order valence-corrected chi connectivity index (χ4v) is 3.23. The second kappa shape index (κ2) is 7.94. The normalized spacial score (nSPS) is 10.8. The third-order valence-corrected chi connectivity index (χ3v) is 4.60. The highest BCUT2D eigenvalue weighted by atomic mass is 32.1.